The lowest BCUT2D eigenvalue weighted by Crippen LogP contribution is -2.45. The van der Waals surface area contributed by atoms with Gasteiger partial charge in [-0.15, -0.1) is 0 Å². The summed E-state index contributed by atoms with van der Waals surface area (Å²) in [4.78, 5) is 0. The molecule has 1 saturated heterocycles. The van der Waals surface area contributed by atoms with Crippen LogP contribution in [0.25, 0.3) is 0 Å². The Balaban J connectivity index is 1.81. The number of rotatable bonds is 4. The van der Waals surface area contributed by atoms with Gasteiger partial charge in [-0.05, 0) is 24.6 Å². The van der Waals surface area contributed by atoms with Crippen molar-refractivity contribution in [3.05, 3.63) is 34.9 Å². The number of aliphatic hydroxyl groups is 1. The highest BCUT2D eigenvalue weighted by Gasteiger charge is 2.38. The van der Waals surface area contributed by atoms with Crippen LogP contribution in [-0.4, -0.2) is 30.0 Å². The third-order valence-corrected chi connectivity index (χ3v) is 3.59. The van der Waals surface area contributed by atoms with Crippen molar-refractivity contribution in [2.24, 2.45) is 0 Å². The molecule has 2 atom stereocenters. The second-order valence-corrected chi connectivity index (χ2v) is 5.03. The van der Waals surface area contributed by atoms with Crippen molar-refractivity contribution < 1.29 is 9.84 Å². The van der Waals surface area contributed by atoms with E-state index in [2.05, 4.69) is 5.32 Å². The van der Waals surface area contributed by atoms with Crippen LogP contribution in [0.5, 0.6) is 0 Å². The van der Waals surface area contributed by atoms with Gasteiger partial charge in [0.1, 0.15) is 5.60 Å². The summed E-state index contributed by atoms with van der Waals surface area (Å²) >= 11 is 5.81. The van der Waals surface area contributed by atoms with Crippen molar-refractivity contribution in [1.82, 2.24) is 5.32 Å². The van der Waals surface area contributed by atoms with Crippen LogP contribution >= 0.6 is 11.6 Å². The average Bonchev–Trinajstić information content (AvgIpc) is 2.63. The van der Waals surface area contributed by atoms with Crippen LogP contribution in [0.2, 0.25) is 5.02 Å². The van der Waals surface area contributed by atoms with E-state index in [1.54, 1.807) is 0 Å². The summed E-state index contributed by atoms with van der Waals surface area (Å²) in [6, 6.07) is 7.70. The van der Waals surface area contributed by atoms with Crippen LogP contribution in [0.3, 0.4) is 0 Å². The molecule has 0 aromatic heterocycles. The SMILES string of the molecule is CC1OCCC1(O)CNCc1ccc(Cl)cc1. The summed E-state index contributed by atoms with van der Waals surface area (Å²) in [5.74, 6) is 0. The van der Waals surface area contributed by atoms with E-state index in [4.69, 9.17) is 16.3 Å². The average molecular weight is 256 g/mol. The normalized spacial score (nSPS) is 28.5. The zero-order chi connectivity index (χ0) is 12.3. The van der Waals surface area contributed by atoms with Gasteiger partial charge in [0.05, 0.1) is 6.10 Å². The lowest BCUT2D eigenvalue weighted by Gasteiger charge is -2.26. The fourth-order valence-corrected chi connectivity index (χ4v) is 2.15. The van der Waals surface area contributed by atoms with Gasteiger partial charge in [0, 0.05) is 31.1 Å². The minimum Gasteiger partial charge on any atom is -0.386 e. The van der Waals surface area contributed by atoms with Crippen molar-refractivity contribution in [1.29, 1.82) is 0 Å². The molecular formula is C13H18ClNO2. The van der Waals surface area contributed by atoms with E-state index in [1.165, 1.54) is 0 Å². The maximum absolute atomic E-state index is 10.3. The van der Waals surface area contributed by atoms with Gasteiger partial charge in [-0.2, -0.15) is 0 Å². The number of nitrogens with one attached hydrogen (secondary N) is 1. The monoisotopic (exact) mass is 255 g/mol. The highest BCUT2D eigenvalue weighted by atomic mass is 35.5. The van der Waals surface area contributed by atoms with E-state index in [1.807, 2.05) is 31.2 Å². The zero-order valence-corrected chi connectivity index (χ0v) is 10.7. The minimum absolute atomic E-state index is 0.0970. The minimum atomic E-state index is -0.730. The molecule has 94 valence electrons. The van der Waals surface area contributed by atoms with Gasteiger partial charge < -0.3 is 15.2 Å². The first-order valence-electron chi connectivity index (χ1n) is 5.89. The Morgan fingerprint density at radius 3 is 2.76 bits per heavy atom. The first-order valence-corrected chi connectivity index (χ1v) is 6.27. The Kier molecular flexibility index (Phi) is 4.05. The molecule has 0 aliphatic carbocycles. The lowest BCUT2D eigenvalue weighted by atomic mass is 9.96. The molecule has 0 saturated carbocycles. The third-order valence-electron chi connectivity index (χ3n) is 3.33. The van der Waals surface area contributed by atoms with Crippen LogP contribution in [0.1, 0.15) is 18.9 Å². The van der Waals surface area contributed by atoms with E-state index in [9.17, 15) is 5.11 Å². The molecule has 0 amide bonds. The summed E-state index contributed by atoms with van der Waals surface area (Å²) in [6.07, 6.45) is 0.599. The van der Waals surface area contributed by atoms with Crippen LogP contribution in [0, 0.1) is 0 Å². The first kappa shape index (κ1) is 12.8. The molecule has 17 heavy (non-hydrogen) atoms. The predicted molar refractivity (Wildman–Crippen MR) is 68.1 cm³/mol. The van der Waals surface area contributed by atoms with Gasteiger partial charge in [0.2, 0.25) is 0 Å². The molecule has 0 spiro atoms. The standard InChI is InChI=1S/C13H18ClNO2/c1-10-13(16,6-7-17-10)9-15-8-11-2-4-12(14)5-3-11/h2-5,10,15-16H,6-9H2,1H3. The van der Waals surface area contributed by atoms with Gasteiger partial charge in [0.25, 0.3) is 0 Å². The molecular weight excluding hydrogens is 238 g/mol. The molecule has 1 aromatic rings. The summed E-state index contributed by atoms with van der Waals surface area (Å²) in [6.45, 7) is 3.83. The number of halogens is 1. The highest BCUT2D eigenvalue weighted by molar-refractivity contribution is 6.30. The maximum Gasteiger partial charge on any atom is 0.105 e. The Bertz CT molecular complexity index is 368. The summed E-state index contributed by atoms with van der Waals surface area (Å²) in [5.41, 5.74) is 0.427. The van der Waals surface area contributed by atoms with Crippen molar-refractivity contribution in [3.8, 4) is 0 Å². The Hall–Kier alpha value is -0.610. The molecule has 1 aromatic carbocycles. The molecule has 2 N–H and O–H groups in total. The summed E-state index contributed by atoms with van der Waals surface area (Å²) in [5, 5.41) is 14.3. The fraction of sp³-hybridized carbons (Fsp3) is 0.538. The maximum atomic E-state index is 10.3. The predicted octanol–water partition coefficient (Wildman–Crippen LogP) is 1.97. The van der Waals surface area contributed by atoms with E-state index in [0.717, 1.165) is 17.1 Å². The number of hydrogen-bond donors (Lipinski definition) is 2. The molecule has 4 heteroatoms. The molecule has 1 heterocycles. The quantitative estimate of drug-likeness (QED) is 0.864. The first-order chi connectivity index (χ1) is 8.10. The van der Waals surface area contributed by atoms with Crippen molar-refractivity contribution in [3.63, 3.8) is 0 Å². The molecule has 3 nitrogen and oxygen atoms in total. The van der Waals surface area contributed by atoms with Crippen molar-refractivity contribution in [2.75, 3.05) is 13.2 Å². The van der Waals surface area contributed by atoms with Crippen LogP contribution in [0.4, 0.5) is 0 Å². The van der Waals surface area contributed by atoms with Crippen LogP contribution in [-0.2, 0) is 11.3 Å². The van der Waals surface area contributed by atoms with Crippen LogP contribution < -0.4 is 5.32 Å². The van der Waals surface area contributed by atoms with Crippen molar-refractivity contribution in [2.45, 2.75) is 31.6 Å². The van der Waals surface area contributed by atoms with Gasteiger partial charge >= 0.3 is 0 Å². The zero-order valence-electron chi connectivity index (χ0n) is 9.95. The second kappa shape index (κ2) is 5.36. The lowest BCUT2D eigenvalue weighted by molar-refractivity contribution is -0.0262. The van der Waals surface area contributed by atoms with Crippen LogP contribution in [0.15, 0.2) is 24.3 Å². The number of benzene rings is 1. The molecule has 1 fully saturated rings. The van der Waals surface area contributed by atoms with E-state index in [-0.39, 0.29) is 6.10 Å². The van der Waals surface area contributed by atoms with Gasteiger partial charge in [0.15, 0.2) is 0 Å². The molecule has 1 aliphatic heterocycles. The smallest absolute Gasteiger partial charge is 0.105 e. The molecule has 0 bridgehead atoms. The Morgan fingerprint density at radius 2 is 2.18 bits per heavy atom. The Morgan fingerprint density at radius 1 is 1.47 bits per heavy atom. The summed E-state index contributed by atoms with van der Waals surface area (Å²) < 4.78 is 5.38. The van der Waals surface area contributed by atoms with E-state index >= 15 is 0 Å². The van der Waals surface area contributed by atoms with Gasteiger partial charge in [-0.3, -0.25) is 0 Å². The Labute approximate surface area is 107 Å². The second-order valence-electron chi connectivity index (χ2n) is 4.60. The highest BCUT2D eigenvalue weighted by Crippen LogP contribution is 2.24. The molecule has 2 rings (SSSR count). The summed E-state index contributed by atoms with van der Waals surface area (Å²) in [7, 11) is 0. The van der Waals surface area contributed by atoms with E-state index in [0.29, 0.717) is 19.6 Å². The van der Waals surface area contributed by atoms with E-state index < -0.39 is 5.60 Å². The molecule has 1 aliphatic rings. The topological polar surface area (TPSA) is 41.5 Å². The molecule has 0 radical (unpaired) electrons. The number of ether oxygens (including phenoxy) is 1. The van der Waals surface area contributed by atoms with Crippen molar-refractivity contribution >= 4 is 11.6 Å². The fourth-order valence-electron chi connectivity index (χ4n) is 2.03. The molecule has 2 unspecified atom stereocenters. The third kappa shape index (κ3) is 3.19. The number of hydrogen-bond acceptors (Lipinski definition) is 3. The van der Waals surface area contributed by atoms with Gasteiger partial charge in [-0.1, -0.05) is 23.7 Å². The van der Waals surface area contributed by atoms with Gasteiger partial charge in [-0.25, -0.2) is 0 Å². The largest absolute Gasteiger partial charge is 0.386 e.